The predicted octanol–water partition coefficient (Wildman–Crippen LogP) is 22.8. The molecule has 0 spiro atoms. The molecule has 0 aliphatic carbocycles. The normalized spacial score (nSPS) is 13.8. The van der Waals surface area contributed by atoms with Crippen molar-refractivity contribution in [3.63, 3.8) is 0 Å². The Bertz CT molecular complexity index is 1560. The van der Waals surface area contributed by atoms with E-state index in [9.17, 15) is 19.0 Å². The third kappa shape index (κ3) is 64.3. The first-order valence-corrected chi connectivity index (χ1v) is 37.5. The topological polar surface area (TPSA) is 111 Å². The Morgan fingerprint density at radius 1 is 0.422 bits per heavy atom. The summed E-state index contributed by atoms with van der Waals surface area (Å²) in [5.41, 5.74) is 0. The van der Waals surface area contributed by atoms with Gasteiger partial charge in [-0.25, -0.2) is 4.57 Å². The zero-order valence-electron chi connectivity index (χ0n) is 56.0. The minimum Gasteiger partial charge on any atom is -0.456 e. The van der Waals surface area contributed by atoms with E-state index in [1.165, 1.54) is 250 Å². The van der Waals surface area contributed by atoms with Gasteiger partial charge in [-0.1, -0.05) is 320 Å². The predicted molar refractivity (Wildman–Crippen MR) is 360 cm³/mol. The molecule has 0 aromatic carbocycles. The molecule has 0 aliphatic heterocycles. The van der Waals surface area contributed by atoms with E-state index < -0.39 is 20.0 Å². The average Bonchev–Trinajstić information content (AvgIpc) is 3.51. The van der Waals surface area contributed by atoms with Crippen LogP contribution in [0, 0.1) is 0 Å². The van der Waals surface area contributed by atoms with Crippen molar-refractivity contribution < 1.29 is 37.3 Å². The number of nitrogens with one attached hydrogen (secondary N) is 1. The first kappa shape index (κ1) is 81.0. The molecule has 3 atom stereocenters. The van der Waals surface area contributed by atoms with Crippen molar-refractivity contribution in [2.75, 3.05) is 40.9 Å². The number of phosphoric ester groups is 1. The highest BCUT2D eigenvalue weighted by Crippen LogP contribution is 2.43. The number of ether oxygens (including phenoxy) is 1. The van der Waals surface area contributed by atoms with E-state index in [2.05, 4.69) is 62.5 Å². The third-order valence-corrected chi connectivity index (χ3v) is 17.3. The number of esters is 1. The lowest BCUT2D eigenvalue weighted by Crippen LogP contribution is -2.47. The van der Waals surface area contributed by atoms with Crippen molar-refractivity contribution >= 4 is 19.7 Å². The van der Waals surface area contributed by atoms with Crippen LogP contribution in [-0.4, -0.2) is 74.3 Å². The van der Waals surface area contributed by atoms with Gasteiger partial charge in [0.2, 0.25) is 5.91 Å². The molecule has 0 aromatic rings. The standard InChI is InChI=1S/C73H139N2O7P/c1-7-10-13-16-19-22-25-27-29-31-33-35-36-37-38-40-41-43-45-47-50-53-56-59-62-65-72(76)74-70(69-81-83(78,79)80-68-67-75(4,5)6)71(64-61-58-55-52-49-24-21-18-15-12-9-3)82-73(77)66-63-60-57-54-51-48-46-44-42-39-34-32-30-28-26-23-20-17-14-11-8-2/h19,22,27,29,33,35,61,64,70-71H,7-18,20-21,23-26,28,30-32,34,36-60,62-63,65-69H2,1-6H3,(H-,74,76,78,79)/p+1/b22-19-,29-27-,35-33-,64-61+. The maximum Gasteiger partial charge on any atom is 0.472 e. The Labute approximate surface area is 516 Å². The van der Waals surface area contributed by atoms with Crippen LogP contribution in [0.5, 0.6) is 0 Å². The number of unbranched alkanes of at least 4 members (excludes halogenated alkanes) is 44. The molecule has 2 N–H and O–H groups in total. The number of carbonyl (C=O) groups excluding carboxylic acids is 2. The second kappa shape index (κ2) is 63.0. The van der Waals surface area contributed by atoms with Gasteiger partial charge in [0.05, 0.1) is 33.8 Å². The van der Waals surface area contributed by atoms with Gasteiger partial charge in [0.25, 0.3) is 0 Å². The van der Waals surface area contributed by atoms with Gasteiger partial charge in [-0.05, 0) is 70.3 Å². The van der Waals surface area contributed by atoms with E-state index in [4.69, 9.17) is 13.8 Å². The summed E-state index contributed by atoms with van der Waals surface area (Å²) in [6, 6.07) is -0.847. The quantitative estimate of drug-likeness (QED) is 0.0205. The molecular weight excluding hydrogens is 1050 g/mol. The summed E-state index contributed by atoms with van der Waals surface area (Å²) in [5.74, 6) is -0.490. The Morgan fingerprint density at radius 3 is 1.12 bits per heavy atom. The fraction of sp³-hybridized carbons (Fsp3) is 0.863. The van der Waals surface area contributed by atoms with Crippen LogP contribution in [0.3, 0.4) is 0 Å². The van der Waals surface area contributed by atoms with Gasteiger partial charge in [0.15, 0.2) is 0 Å². The van der Waals surface area contributed by atoms with Gasteiger partial charge in [0, 0.05) is 12.8 Å². The lowest BCUT2D eigenvalue weighted by atomic mass is 10.0. The number of rotatable bonds is 66. The maximum absolute atomic E-state index is 13.6. The maximum atomic E-state index is 13.6. The third-order valence-electron chi connectivity index (χ3n) is 16.3. The Morgan fingerprint density at radius 2 is 0.735 bits per heavy atom. The monoisotopic (exact) mass is 1190 g/mol. The van der Waals surface area contributed by atoms with Gasteiger partial charge in [0.1, 0.15) is 19.3 Å². The van der Waals surface area contributed by atoms with Gasteiger partial charge in [-0.15, -0.1) is 0 Å². The van der Waals surface area contributed by atoms with Gasteiger partial charge in [-0.3, -0.25) is 18.6 Å². The number of allylic oxidation sites excluding steroid dienone is 7. The molecule has 1 amide bonds. The number of quaternary nitrogens is 1. The highest BCUT2D eigenvalue weighted by Gasteiger charge is 2.30. The summed E-state index contributed by atoms with van der Waals surface area (Å²) in [6.45, 7) is 7.03. The van der Waals surface area contributed by atoms with E-state index in [1.807, 2.05) is 33.3 Å². The largest absolute Gasteiger partial charge is 0.472 e. The number of likely N-dealkylation sites (N-methyl/N-ethyl adjacent to an activating group) is 1. The second-order valence-corrected chi connectivity index (χ2v) is 27.2. The number of carbonyl (C=O) groups is 2. The number of amides is 1. The molecule has 0 rings (SSSR count). The van der Waals surface area contributed by atoms with Crippen LogP contribution >= 0.6 is 7.82 Å². The number of phosphoric acid groups is 1. The summed E-state index contributed by atoms with van der Waals surface area (Å²) in [6.07, 6.45) is 79.8. The molecule has 9 nitrogen and oxygen atoms in total. The Balaban J connectivity index is 4.99. The van der Waals surface area contributed by atoms with Gasteiger partial charge in [-0.2, -0.15) is 0 Å². The van der Waals surface area contributed by atoms with Crippen LogP contribution in [0.15, 0.2) is 48.6 Å². The van der Waals surface area contributed by atoms with E-state index in [1.54, 1.807) is 0 Å². The minimum absolute atomic E-state index is 0.0417. The van der Waals surface area contributed by atoms with E-state index >= 15 is 0 Å². The minimum atomic E-state index is -4.45. The number of hydrogen-bond donors (Lipinski definition) is 2. The number of hydrogen-bond acceptors (Lipinski definition) is 6. The molecule has 0 saturated heterocycles. The summed E-state index contributed by atoms with van der Waals surface area (Å²) in [4.78, 5) is 37.9. The zero-order valence-corrected chi connectivity index (χ0v) is 56.8. The molecule has 0 saturated carbocycles. The Hall–Kier alpha value is -2.03. The van der Waals surface area contributed by atoms with Crippen molar-refractivity contribution in [3.8, 4) is 0 Å². The fourth-order valence-electron chi connectivity index (χ4n) is 10.7. The van der Waals surface area contributed by atoms with Crippen molar-refractivity contribution in [1.82, 2.24) is 5.32 Å². The molecule has 0 heterocycles. The van der Waals surface area contributed by atoms with Crippen molar-refractivity contribution in [3.05, 3.63) is 48.6 Å². The zero-order chi connectivity index (χ0) is 60.7. The lowest BCUT2D eigenvalue weighted by Gasteiger charge is -2.27. The molecule has 83 heavy (non-hydrogen) atoms. The summed E-state index contributed by atoms with van der Waals surface area (Å²) < 4.78 is 30.8. The number of nitrogens with zero attached hydrogens (tertiary/aromatic N) is 1. The Kier molecular flexibility index (Phi) is 61.5. The van der Waals surface area contributed by atoms with Gasteiger partial charge < -0.3 is 19.4 Å². The first-order valence-electron chi connectivity index (χ1n) is 36.0. The van der Waals surface area contributed by atoms with Crippen LogP contribution in [0.4, 0.5) is 0 Å². The lowest BCUT2D eigenvalue weighted by molar-refractivity contribution is -0.870. The van der Waals surface area contributed by atoms with Crippen LogP contribution in [-0.2, 0) is 27.9 Å². The molecule has 3 unspecified atom stereocenters. The van der Waals surface area contributed by atoms with E-state index in [0.29, 0.717) is 23.9 Å². The van der Waals surface area contributed by atoms with Crippen molar-refractivity contribution in [1.29, 1.82) is 0 Å². The molecule has 0 radical (unpaired) electrons. The fourth-order valence-corrected chi connectivity index (χ4v) is 11.5. The molecule has 0 aliphatic rings. The van der Waals surface area contributed by atoms with Crippen LogP contribution in [0.1, 0.15) is 355 Å². The summed E-state index contributed by atoms with van der Waals surface area (Å²) >= 11 is 0. The van der Waals surface area contributed by atoms with Crippen LogP contribution < -0.4 is 5.32 Å². The molecule has 10 heteroatoms. The summed E-state index contributed by atoms with van der Waals surface area (Å²) in [7, 11) is 1.51. The smallest absolute Gasteiger partial charge is 0.456 e. The highest BCUT2D eigenvalue weighted by molar-refractivity contribution is 7.47. The molecular formula is C73H140N2O7P+. The van der Waals surface area contributed by atoms with E-state index in [0.717, 1.165) is 70.6 Å². The average molecular weight is 1190 g/mol. The van der Waals surface area contributed by atoms with Crippen LogP contribution in [0.2, 0.25) is 0 Å². The van der Waals surface area contributed by atoms with Gasteiger partial charge >= 0.3 is 13.8 Å². The van der Waals surface area contributed by atoms with E-state index in [-0.39, 0.29) is 25.1 Å². The molecule has 0 aromatic heterocycles. The first-order chi connectivity index (χ1) is 40.4. The molecule has 488 valence electrons. The highest BCUT2D eigenvalue weighted by atomic mass is 31.2. The summed E-state index contributed by atoms with van der Waals surface area (Å²) in [5, 5.41) is 3.07. The van der Waals surface area contributed by atoms with Crippen molar-refractivity contribution in [2.45, 2.75) is 367 Å². The molecule has 0 bridgehead atoms. The van der Waals surface area contributed by atoms with Crippen LogP contribution in [0.25, 0.3) is 0 Å². The van der Waals surface area contributed by atoms with Crippen molar-refractivity contribution in [2.24, 2.45) is 0 Å². The molecule has 0 fully saturated rings. The second-order valence-electron chi connectivity index (χ2n) is 25.8. The SMILES string of the molecule is CCCCC/C=C\C/C=C\C/C=C\CCCCCCCCCCCCCCC(=O)NC(COP(=O)(O)OCC[N+](C)(C)C)C(/C=C/CCCCCCCCCCC)OC(=O)CCCCCCCCCCCCCCCCCCCCCCC.